The number of aliphatic hydroxyl groups excluding tert-OH is 1. The molecule has 15 heavy (non-hydrogen) atoms. The smallest absolute Gasteiger partial charge is 0.135 e. The number of aliphatic hydroxyl groups is 1. The van der Waals surface area contributed by atoms with Crippen molar-refractivity contribution in [3.63, 3.8) is 0 Å². The van der Waals surface area contributed by atoms with E-state index in [4.69, 9.17) is 23.2 Å². The Bertz CT molecular complexity index is 487. The van der Waals surface area contributed by atoms with Crippen molar-refractivity contribution in [2.45, 2.75) is 6.10 Å². The van der Waals surface area contributed by atoms with Crippen molar-refractivity contribution < 1.29 is 5.11 Å². The number of hydrogen-bond donors (Lipinski definition) is 1. The van der Waals surface area contributed by atoms with Crippen molar-refractivity contribution in [2.75, 3.05) is 5.88 Å². The van der Waals surface area contributed by atoms with Crippen molar-refractivity contribution in [3.8, 4) is 0 Å². The van der Waals surface area contributed by atoms with Crippen LogP contribution < -0.4 is 0 Å². The highest BCUT2D eigenvalue weighted by molar-refractivity contribution is 6.30. The maximum atomic E-state index is 9.61. The Morgan fingerprint density at radius 2 is 2.07 bits per heavy atom. The van der Waals surface area contributed by atoms with Gasteiger partial charge in [-0.15, -0.1) is 11.6 Å². The zero-order valence-corrected chi connectivity index (χ0v) is 9.33. The quantitative estimate of drug-likeness (QED) is 0.648. The van der Waals surface area contributed by atoms with Crippen LogP contribution in [0.15, 0.2) is 30.3 Å². The third-order valence-electron chi connectivity index (χ3n) is 2.21. The van der Waals surface area contributed by atoms with Crippen LogP contribution >= 0.6 is 23.2 Å². The fourth-order valence-corrected chi connectivity index (χ4v) is 1.86. The molecule has 1 aromatic heterocycles. The molecule has 0 aliphatic carbocycles. The molecular formula is C11H9Cl2NO. The number of benzene rings is 1. The van der Waals surface area contributed by atoms with E-state index < -0.39 is 6.10 Å². The molecule has 0 bridgehead atoms. The average molecular weight is 242 g/mol. The zero-order valence-electron chi connectivity index (χ0n) is 7.82. The van der Waals surface area contributed by atoms with Crippen molar-refractivity contribution in [1.82, 2.24) is 4.98 Å². The van der Waals surface area contributed by atoms with E-state index in [1.807, 2.05) is 30.3 Å². The molecule has 2 aromatic rings. The Labute approximate surface area is 97.5 Å². The average Bonchev–Trinajstić information content (AvgIpc) is 2.27. The van der Waals surface area contributed by atoms with Gasteiger partial charge in [-0.25, -0.2) is 4.98 Å². The maximum absolute atomic E-state index is 9.61. The number of alkyl halides is 1. The number of para-hydroxylation sites is 1. The van der Waals surface area contributed by atoms with Gasteiger partial charge in [0.2, 0.25) is 0 Å². The lowest BCUT2D eigenvalue weighted by molar-refractivity contribution is 0.202. The second-order valence-corrected chi connectivity index (χ2v) is 3.90. The van der Waals surface area contributed by atoms with E-state index >= 15 is 0 Å². The molecule has 78 valence electrons. The first kappa shape index (κ1) is 10.7. The number of nitrogens with zero attached hydrogens (tertiary/aromatic N) is 1. The molecule has 0 amide bonds. The lowest BCUT2D eigenvalue weighted by Gasteiger charge is -2.09. The highest BCUT2D eigenvalue weighted by Gasteiger charge is 2.12. The Morgan fingerprint density at radius 1 is 1.33 bits per heavy atom. The second-order valence-electron chi connectivity index (χ2n) is 3.23. The minimum atomic E-state index is -0.767. The third-order valence-corrected chi connectivity index (χ3v) is 2.80. The molecule has 0 aliphatic rings. The summed E-state index contributed by atoms with van der Waals surface area (Å²) >= 11 is 11.5. The molecule has 0 saturated heterocycles. The van der Waals surface area contributed by atoms with Crippen LogP contribution in [0.25, 0.3) is 10.9 Å². The lowest BCUT2D eigenvalue weighted by Crippen LogP contribution is -2.01. The van der Waals surface area contributed by atoms with Gasteiger partial charge in [0, 0.05) is 10.9 Å². The Hall–Kier alpha value is -0.830. The van der Waals surface area contributed by atoms with E-state index in [-0.39, 0.29) is 5.88 Å². The molecule has 0 saturated carbocycles. The summed E-state index contributed by atoms with van der Waals surface area (Å²) in [7, 11) is 0. The minimum absolute atomic E-state index is 0.111. The van der Waals surface area contributed by atoms with Crippen molar-refractivity contribution >= 4 is 34.1 Å². The molecule has 0 fully saturated rings. The van der Waals surface area contributed by atoms with Crippen LogP contribution in [0, 0.1) is 0 Å². The molecule has 1 heterocycles. The van der Waals surface area contributed by atoms with E-state index in [0.29, 0.717) is 10.7 Å². The summed E-state index contributed by atoms with van der Waals surface area (Å²) in [5, 5.41) is 10.9. The van der Waals surface area contributed by atoms with Crippen LogP contribution in [-0.4, -0.2) is 16.0 Å². The highest BCUT2D eigenvalue weighted by Crippen LogP contribution is 2.26. The molecule has 1 atom stereocenters. The summed E-state index contributed by atoms with van der Waals surface area (Å²) in [6, 6.07) is 9.41. The molecule has 4 heteroatoms. The summed E-state index contributed by atoms with van der Waals surface area (Å²) in [6.07, 6.45) is -0.767. The van der Waals surface area contributed by atoms with Crippen LogP contribution in [0.1, 0.15) is 11.7 Å². The third kappa shape index (κ3) is 2.07. The van der Waals surface area contributed by atoms with Gasteiger partial charge in [-0.3, -0.25) is 0 Å². The Balaban J connectivity index is 2.61. The molecule has 2 rings (SSSR count). The summed E-state index contributed by atoms with van der Waals surface area (Å²) in [5.41, 5.74) is 1.39. The molecule has 0 radical (unpaired) electrons. The minimum Gasteiger partial charge on any atom is -0.387 e. The van der Waals surface area contributed by atoms with E-state index in [2.05, 4.69) is 4.98 Å². The SMILES string of the molecule is OC(CCl)c1cc2ccccc2nc1Cl. The number of fused-ring (bicyclic) bond motifs is 1. The van der Waals surface area contributed by atoms with Gasteiger partial charge in [-0.1, -0.05) is 29.8 Å². The largest absolute Gasteiger partial charge is 0.387 e. The summed E-state index contributed by atoms with van der Waals surface area (Å²) in [6.45, 7) is 0. The van der Waals surface area contributed by atoms with Crippen molar-refractivity contribution in [1.29, 1.82) is 0 Å². The van der Waals surface area contributed by atoms with E-state index in [0.717, 1.165) is 10.9 Å². The van der Waals surface area contributed by atoms with Crippen LogP contribution in [0.3, 0.4) is 0 Å². The molecule has 2 nitrogen and oxygen atoms in total. The Kier molecular flexibility index (Phi) is 3.10. The highest BCUT2D eigenvalue weighted by atomic mass is 35.5. The van der Waals surface area contributed by atoms with E-state index in [1.165, 1.54) is 0 Å². The monoisotopic (exact) mass is 241 g/mol. The van der Waals surface area contributed by atoms with Crippen LogP contribution in [0.4, 0.5) is 0 Å². The van der Waals surface area contributed by atoms with Crippen LogP contribution in [0.5, 0.6) is 0 Å². The first-order valence-electron chi connectivity index (χ1n) is 4.51. The number of halogens is 2. The fraction of sp³-hybridized carbons (Fsp3) is 0.182. The number of hydrogen-bond acceptors (Lipinski definition) is 2. The first-order chi connectivity index (χ1) is 7.22. The number of pyridine rings is 1. The lowest BCUT2D eigenvalue weighted by atomic mass is 10.1. The van der Waals surface area contributed by atoms with Crippen molar-refractivity contribution in [2.24, 2.45) is 0 Å². The molecule has 1 unspecified atom stereocenters. The van der Waals surface area contributed by atoms with Gasteiger partial charge in [0.1, 0.15) is 5.15 Å². The van der Waals surface area contributed by atoms with Gasteiger partial charge < -0.3 is 5.11 Å². The predicted octanol–water partition coefficient (Wildman–Crippen LogP) is 3.16. The molecule has 0 aliphatic heterocycles. The number of aromatic nitrogens is 1. The van der Waals surface area contributed by atoms with Gasteiger partial charge in [-0.05, 0) is 12.1 Å². The van der Waals surface area contributed by atoms with E-state index in [9.17, 15) is 5.11 Å². The molecule has 1 aromatic carbocycles. The van der Waals surface area contributed by atoms with Gasteiger partial charge in [0.25, 0.3) is 0 Å². The Morgan fingerprint density at radius 3 is 2.80 bits per heavy atom. The van der Waals surface area contributed by atoms with Gasteiger partial charge in [0.05, 0.1) is 17.5 Å². The van der Waals surface area contributed by atoms with Crippen molar-refractivity contribution in [3.05, 3.63) is 41.0 Å². The standard InChI is InChI=1S/C11H9Cl2NO/c12-6-10(15)8-5-7-3-1-2-4-9(7)14-11(8)13/h1-5,10,15H,6H2. The first-order valence-corrected chi connectivity index (χ1v) is 5.43. The molecule has 1 N–H and O–H groups in total. The molecule has 0 spiro atoms. The number of rotatable bonds is 2. The van der Waals surface area contributed by atoms with Crippen LogP contribution in [-0.2, 0) is 0 Å². The fourth-order valence-electron chi connectivity index (χ4n) is 1.43. The molecular weight excluding hydrogens is 233 g/mol. The summed E-state index contributed by atoms with van der Waals surface area (Å²) < 4.78 is 0. The van der Waals surface area contributed by atoms with Gasteiger partial charge in [0.15, 0.2) is 0 Å². The predicted molar refractivity (Wildman–Crippen MR) is 62.4 cm³/mol. The van der Waals surface area contributed by atoms with Gasteiger partial charge >= 0.3 is 0 Å². The topological polar surface area (TPSA) is 33.1 Å². The normalized spacial score (nSPS) is 13.0. The van der Waals surface area contributed by atoms with E-state index in [1.54, 1.807) is 0 Å². The second kappa shape index (κ2) is 4.35. The summed E-state index contributed by atoms with van der Waals surface area (Å²) in [4.78, 5) is 4.19. The van der Waals surface area contributed by atoms with Gasteiger partial charge in [-0.2, -0.15) is 0 Å². The maximum Gasteiger partial charge on any atom is 0.135 e. The van der Waals surface area contributed by atoms with Crippen LogP contribution in [0.2, 0.25) is 5.15 Å². The zero-order chi connectivity index (χ0) is 10.8. The summed E-state index contributed by atoms with van der Waals surface area (Å²) in [5.74, 6) is 0.111.